The first-order chi connectivity index (χ1) is 30.6. The molecule has 12 nitrogen and oxygen atoms in total. The number of aryl methyl sites for hydroxylation is 3. The van der Waals surface area contributed by atoms with Gasteiger partial charge in [-0.05, 0) is 131 Å². The van der Waals surface area contributed by atoms with Crippen molar-refractivity contribution < 1.29 is 47.0 Å². The van der Waals surface area contributed by atoms with Crippen LogP contribution in [0.3, 0.4) is 0 Å². The Morgan fingerprint density at radius 2 is 1.29 bits per heavy atom. The fourth-order valence-corrected chi connectivity index (χ4v) is 18.9. The molecular formula is C49H84N2O10SSi3. The van der Waals surface area contributed by atoms with Crippen molar-refractivity contribution in [3.63, 3.8) is 0 Å². The van der Waals surface area contributed by atoms with Gasteiger partial charge in [-0.3, -0.25) is 4.79 Å². The molecule has 6 atom stereocenters. The van der Waals surface area contributed by atoms with E-state index in [1.54, 1.807) is 26.0 Å². The van der Waals surface area contributed by atoms with Crippen molar-refractivity contribution >= 4 is 54.7 Å². The number of nitrogens with one attached hydrogen (secondary N) is 2. The van der Waals surface area contributed by atoms with Gasteiger partial charge in [0.1, 0.15) is 23.6 Å². The van der Waals surface area contributed by atoms with Gasteiger partial charge in [-0.15, -0.1) is 0 Å². The summed E-state index contributed by atoms with van der Waals surface area (Å²) in [4.78, 5) is 42.4. The first-order valence-corrected chi connectivity index (χ1v) is 32.6. The lowest BCUT2D eigenvalue weighted by atomic mass is 9.89. The molecule has 0 saturated carbocycles. The van der Waals surface area contributed by atoms with E-state index in [1.165, 1.54) is 18.9 Å². The first-order valence-electron chi connectivity index (χ1n) is 24.2. The Labute approximate surface area is 399 Å². The van der Waals surface area contributed by atoms with Crippen molar-refractivity contribution in [2.24, 2.45) is 0 Å². The first kappa shape index (κ1) is 56.6. The number of carbonyl (C=O) groups is 3. The highest BCUT2D eigenvalue weighted by molar-refractivity contribution is 8.01. The summed E-state index contributed by atoms with van der Waals surface area (Å²) in [5.41, 5.74) is 1.84. The van der Waals surface area contributed by atoms with E-state index in [1.807, 2.05) is 52.0 Å². The topological polar surface area (TPSA) is 151 Å². The van der Waals surface area contributed by atoms with E-state index < -0.39 is 78.0 Å². The Morgan fingerprint density at radius 1 is 0.800 bits per heavy atom. The molecule has 3 N–H and O–H groups in total. The molecule has 2 aromatic rings. The van der Waals surface area contributed by atoms with Crippen LogP contribution in [0.5, 0.6) is 5.75 Å². The van der Waals surface area contributed by atoms with Gasteiger partial charge >= 0.3 is 12.1 Å². The van der Waals surface area contributed by atoms with Crippen molar-refractivity contribution in [3.8, 4) is 5.75 Å². The standard InChI is InChI=1S/C49H84N2O10SSi3/c1-17-63(18-2,19-3)59-39-32-49(46(54)56-16,62-38-28-26-34(10)27-29-38)57-44(41(39)51-47(55)58-48(13,14)15)43(61-65(23-7,24-8)25-9)40(60-64(20-4,21-5)22-6)33-50-45(53)37-30-35(11)42(52)36(12)31-37/h26-31,39-41,43-44,52H,17-25,32-33H2,1-16H3,(H,50,53)(H,51,55)/t39?,40-,41?,43-,44?,49?/m1/s1. The molecule has 2 amide bonds. The number of esters is 1. The second-order valence-corrected chi connectivity index (χ2v) is 34.4. The van der Waals surface area contributed by atoms with Crippen molar-refractivity contribution in [3.05, 3.63) is 58.7 Å². The van der Waals surface area contributed by atoms with Gasteiger partial charge in [-0.25, -0.2) is 9.59 Å². The van der Waals surface area contributed by atoms with Crippen LogP contribution in [-0.2, 0) is 32.3 Å². The summed E-state index contributed by atoms with van der Waals surface area (Å²) >= 11 is 1.28. The molecule has 3 rings (SSSR count). The molecule has 1 heterocycles. The molecule has 1 saturated heterocycles. The minimum absolute atomic E-state index is 0.0390. The second-order valence-electron chi connectivity index (χ2n) is 18.9. The van der Waals surface area contributed by atoms with Crippen LogP contribution in [-0.4, -0.2) is 103 Å². The summed E-state index contributed by atoms with van der Waals surface area (Å²) in [5.74, 6) is -0.765. The van der Waals surface area contributed by atoms with E-state index in [-0.39, 0.29) is 24.6 Å². The number of rotatable bonds is 24. The van der Waals surface area contributed by atoms with Crippen LogP contribution in [0.4, 0.5) is 4.79 Å². The molecule has 16 heteroatoms. The number of benzene rings is 2. The van der Waals surface area contributed by atoms with Crippen LogP contribution >= 0.6 is 11.8 Å². The molecule has 2 aromatic carbocycles. The number of hydrogen-bond acceptors (Lipinski definition) is 11. The lowest BCUT2D eigenvalue weighted by Crippen LogP contribution is -2.70. The van der Waals surface area contributed by atoms with E-state index >= 15 is 0 Å². The summed E-state index contributed by atoms with van der Waals surface area (Å²) < 4.78 is 41.9. The van der Waals surface area contributed by atoms with Gasteiger partial charge in [0, 0.05) is 23.4 Å². The second kappa shape index (κ2) is 24.5. The van der Waals surface area contributed by atoms with E-state index in [0.717, 1.165) is 64.9 Å². The van der Waals surface area contributed by atoms with E-state index in [9.17, 15) is 19.5 Å². The molecule has 0 radical (unpaired) electrons. The molecule has 1 aliphatic heterocycles. The summed E-state index contributed by atoms with van der Waals surface area (Å²) in [7, 11) is -6.25. The number of amides is 2. The smallest absolute Gasteiger partial charge is 0.408 e. The largest absolute Gasteiger partial charge is 0.507 e. The number of ether oxygens (including phenoxy) is 3. The number of methoxy groups -OCH3 is 1. The zero-order chi connectivity index (χ0) is 49.0. The Morgan fingerprint density at radius 3 is 1.75 bits per heavy atom. The van der Waals surface area contributed by atoms with Crippen LogP contribution in [0, 0.1) is 20.8 Å². The van der Waals surface area contributed by atoms with Crippen LogP contribution < -0.4 is 10.6 Å². The van der Waals surface area contributed by atoms with E-state index in [0.29, 0.717) is 16.7 Å². The van der Waals surface area contributed by atoms with Crippen molar-refractivity contribution in [2.45, 2.75) is 211 Å². The zero-order valence-corrected chi connectivity index (χ0v) is 46.5. The number of carbonyl (C=O) groups excluding carboxylic acids is 3. The third-order valence-electron chi connectivity index (χ3n) is 13.9. The molecule has 1 aliphatic rings. The fraction of sp³-hybridized carbons (Fsp3) is 0.694. The molecule has 1 fully saturated rings. The van der Waals surface area contributed by atoms with Crippen molar-refractivity contribution in [1.82, 2.24) is 10.6 Å². The normalized spacial score (nSPS) is 20.5. The van der Waals surface area contributed by atoms with Crippen LogP contribution in [0.1, 0.15) is 117 Å². The molecule has 0 aromatic heterocycles. The summed E-state index contributed by atoms with van der Waals surface area (Å²) in [5, 5.41) is 17.0. The Kier molecular flexibility index (Phi) is 21.4. The Balaban J connectivity index is 2.52. The maximum atomic E-state index is 14.8. The molecular weight excluding hydrogens is 893 g/mol. The van der Waals surface area contributed by atoms with Gasteiger partial charge in [0.2, 0.25) is 4.93 Å². The van der Waals surface area contributed by atoms with Gasteiger partial charge in [0.25, 0.3) is 5.91 Å². The molecule has 368 valence electrons. The predicted octanol–water partition coefficient (Wildman–Crippen LogP) is 11.6. The van der Waals surface area contributed by atoms with E-state index in [4.69, 9.17) is 27.5 Å². The number of phenolic OH excluding ortho intramolecular Hbond substituents is 1. The minimum atomic E-state index is -2.62. The maximum absolute atomic E-state index is 14.8. The lowest BCUT2D eigenvalue weighted by Gasteiger charge is -2.53. The monoisotopic (exact) mass is 977 g/mol. The zero-order valence-electron chi connectivity index (χ0n) is 42.7. The number of thioether (sulfide) groups is 1. The number of phenols is 1. The van der Waals surface area contributed by atoms with Gasteiger partial charge in [-0.1, -0.05) is 91.8 Å². The van der Waals surface area contributed by atoms with Gasteiger partial charge in [0.15, 0.2) is 25.0 Å². The molecule has 0 bridgehead atoms. The fourth-order valence-electron chi connectivity index (χ4n) is 9.03. The third kappa shape index (κ3) is 14.4. The van der Waals surface area contributed by atoms with Gasteiger partial charge < -0.3 is 43.2 Å². The molecule has 0 spiro atoms. The highest BCUT2D eigenvalue weighted by atomic mass is 32.2. The Bertz CT molecular complexity index is 1800. The SMILES string of the molecule is CC[Si](CC)(CC)OC1CC(Sc2ccc(C)cc2)(C(=O)OC)OC([C@H](O[Si](CC)(CC)CC)[C@@H](CNC(=O)c2cc(C)c(O)c(C)c2)O[Si](CC)(CC)CC)C1NC(=O)OC(C)(C)C. The number of hydrogen-bond donors (Lipinski definition) is 3. The molecule has 4 unspecified atom stereocenters. The summed E-state index contributed by atoms with van der Waals surface area (Å²) in [6.45, 7) is 30.5. The van der Waals surface area contributed by atoms with Crippen molar-refractivity contribution in [2.75, 3.05) is 13.7 Å². The third-order valence-corrected chi connectivity index (χ3v) is 29.2. The Hall–Kier alpha value is -2.71. The molecule has 0 aliphatic carbocycles. The van der Waals surface area contributed by atoms with Crippen LogP contribution in [0.2, 0.25) is 54.4 Å². The molecule has 65 heavy (non-hydrogen) atoms. The average molecular weight is 978 g/mol. The predicted molar refractivity (Wildman–Crippen MR) is 271 cm³/mol. The lowest BCUT2D eigenvalue weighted by molar-refractivity contribution is -0.199. The maximum Gasteiger partial charge on any atom is 0.408 e. The van der Waals surface area contributed by atoms with Crippen LogP contribution in [0.15, 0.2) is 41.3 Å². The van der Waals surface area contributed by atoms with Gasteiger partial charge in [-0.2, -0.15) is 0 Å². The quantitative estimate of drug-likeness (QED) is 0.0681. The summed E-state index contributed by atoms with van der Waals surface area (Å²) in [6, 6.07) is 17.7. The highest BCUT2D eigenvalue weighted by Crippen LogP contribution is 2.48. The average Bonchev–Trinajstić information content (AvgIpc) is 3.29. The van der Waals surface area contributed by atoms with Gasteiger partial charge in [0.05, 0.1) is 25.4 Å². The van der Waals surface area contributed by atoms with Crippen molar-refractivity contribution in [1.29, 1.82) is 0 Å². The summed E-state index contributed by atoms with van der Waals surface area (Å²) in [6.07, 6.45) is -4.11. The number of aromatic hydroxyl groups is 1. The van der Waals surface area contributed by atoms with Crippen LogP contribution in [0.25, 0.3) is 0 Å². The number of alkyl carbamates (subject to hydrolysis) is 1. The minimum Gasteiger partial charge on any atom is -0.507 e. The highest BCUT2D eigenvalue weighted by Gasteiger charge is 2.59. The van der Waals surface area contributed by atoms with E-state index in [2.05, 4.69) is 72.9 Å².